The Hall–Kier alpha value is -2.17. The van der Waals surface area contributed by atoms with E-state index in [1.807, 2.05) is 0 Å². The second kappa shape index (κ2) is 6.98. The van der Waals surface area contributed by atoms with Gasteiger partial charge in [-0.05, 0) is 12.1 Å². The molecule has 0 bridgehead atoms. The van der Waals surface area contributed by atoms with Crippen molar-refractivity contribution < 1.29 is 39.1 Å². The van der Waals surface area contributed by atoms with Crippen molar-refractivity contribution in [3.63, 3.8) is 0 Å². The Bertz CT molecular complexity index is 800. The summed E-state index contributed by atoms with van der Waals surface area (Å²) in [7, 11) is 1.40. The minimum Gasteiger partial charge on any atom is -0.493 e. The van der Waals surface area contributed by atoms with E-state index in [4.69, 9.17) is 18.6 Å². The molecule has 3 rings (SSSR count). The van der Waals surface area contributed by atoms with Crippen molar-refractivity contribution in [2.75, 3.05) is 13.7 Å². The van der Waals surface area contributed by atoms with Crippen LogP contribution in [-0.2, 0) is 4.74 Å². The lowest BCUT2D eigenvalue weighted by molar-refractivity contribution is -0.277. The van der Waals surface area contributed by atoms with Crippen LogP contribution in [0.4, 0.5) is 0 Å². The molecular formula is C16H18O9. The number of ether oxygens (including phenoxy) is 3. The number of fused-ring (bicyclic) bond motifs is 1. The van der Waals surface area contributed by atoms with Crippen LogP contribution in [0.5, 0.6) is 11.5 Å². The molecule has 4 N–H and O–H groups in total. The lowest BCUT2D eigenvalue weighted by atomic mass is 9.99. The van der Waals surface area contributed by atoms with Crippen molar-refractivity contribution in [3.8, 4) is 11.5 Å². The zero-order valence-electron chi connectivity index (χ0n) is 13.2. The quantitative estimate of drug-likeness (QED) is 0.508. The van der Waals surface area contributed by atoms with Crippen LogP contribution in [0.2, 0.25) is 0 Å². The molecule has 1 aliphatic rings. The molecule has 0 aliphatic carbocycles. The molecule has 136 valence electrons. The van der Waals surface area contributed by atoms with Gasteiger partial charge in [0.15, 0.2) is 11.5 Å². The highest BCUT2D eigenvalue weighted by atomic mass is 16.7. The first-order chi connectivity index (χ1) is 11.9. The molecule has 0 radical (unpaired) electrons. The molecule has 9 nitrogen and oxygen atoms in total. The number of hydrogen-bond donors (Lipinski definition) is 4. The van der Waals surface area contributed by atoms with E-state index in [2.05, 4.69) is 0 Å². The third kappa shape index (κ3) is 3.32. The number of methoxy groups -OCH3 is 1. The number of hydrogen-bond acceptors (Lipinski definition) is 9. The fourth-order valence-electron chi connectivity index (χ4n) is 2.62. The standard InChI is InChI=1S/C16H18O9/c1-22-9-4-7-2-3-12(18)23-8(7)5-10(9)24-16-15(21)14(20)13(19)11(6-17)25-16/h2-5,11,13-17,19-21H,6H2,1H3/t11-,13-,14+,15-,16-/m1/s1. The average Bonchev–Trinajstić information content (AvgIpc) is 2.61. The predicted molar refractivity (Wildman–Crippen MR) is 83.4 cm³/mol. The molecule has 0 spiro atoms. The summed E-state index contributed by atoms with van der Waals surface area (Å²) in [4.78, 5) is 11.4. The topological polar surface area (TPSA) is 139 Å². The summed E-state index contributed by atoms with van der Waals surface area (Å²) in [6, 6.07) is 5.77. The number of aliphatic hydroxyl groups excluding tert-OH is 4. The van der Waals surface area contributed by atoms with Gasteiger partial charge in [0.25, 0.3) is 0 Å². The van der Waals surface area contributed by atoms with Crippen LogP contribution in [0.1, 0.15) is 0 Å². The summed E-state index contributed by atoms with van der Waals surface area (Å²) < 4.78 is 21.1. The van der Waals surface area contributed by atoms with Crippen LogP contribution in [0.15, 0.2) is 33.5 Å². The van der Waals surface area contributed by atoms with Gasteiger partial charge in [-0.15, -0.1) is 0 Å². The first kappa shape index (κ1) is 17.6. The van der Waals surface area contributed by atoms with Gasteiger partial charge in [0.05, 0.1) is 13.7 Å². The van der Waals surface area contributed by atoms with E-state index in [-0.39, 0.29) is 17.1 Å². The molecule has 0 saturated carbocycles. The molecule has 25 heavy (non-hydrogen) atoms. The summed E-state index contributed by atoms with van der Waals surface area (Å²) in [6.07, 6.45) is -7.11. The van der Waals surface area contributed by atoms with E-state index in [0.29, 0.717) is 5.39 Å². The van der Waals surface area contributed by atoms with Crippen LogP contribution < -0.4 is 15.1 Å². The lowest BCUT2D eigenvalue weighted by Gasteiger charge is -2.39. The van der Waals surface area contributed by atoms with E-state index in [1.165, 1.54) is 19.2 Å². The van der Waals surface area contributed by atoms with Crippen molar-refractivity contribution in [2.24, 2.45) is 0 Å². The van der Waals surface area contributed by atoms with E-state index in [0.717, 1.165) is 0 Å². The van der Waals surface area contributed by atoms with Gasteiger partial charge in [-0.2, -0.15) is 0 Å². The normalized spacial score (nSPS) is 29.6. The number of aliphatic hydroxyl groups is 4. The van der Waals surface area contributed by atoms with Crippen LogP contribution in [0.25, 0.3) is 11.0 Å². The van der Waals surface area contributed by atoms with E-state index >= 15 is 0 Å². The highest BCUT2D eigenvalue weighted by molar-refractivity contribution is 5.80. The average molecular weight is 354 g/mol. The van der Waals surface area contributed by atoms with E-state index in [9.17, 15) is 25.2 Å². The van der Waals surface area contributed by atoms with Crippen molar-refractivity contribution >= 4 is 11.0 Å². The second-order valence-electron chi connectivity index (χ2n) is 5.61. The smallest absolute Gasteiger partial charge is 0.336 e. The Morgan fingerprint density at radius 2 is 1.84 bits per heavy atom. The molecule has 5 atom stereocenters. The fourth-order valence-corrected chi connectivity index (χ4v) is 2.62. The largest absolute Gasteiger partial charge is 0.493 e. The van der Waals surface area contributed by atoms with Crippen LogP contribution in [0, 0.1) is 0 Å². The molecule has 2 heterocycles. The van der Waals surface area contributed by atoms with Crippen molar-refractivity contribution in [2.45, 2.75) is 30.7 Å². The first-order valence-electron chi connectivity index (χ1n) is 7.53. The Labute approximate surface area is 141 Å². The van der Waals surface area contributed by atoms with Crippen molar-refractivity contribution in [1.82, 2.24) is 0 Å². The molecule has 2 aromatic rings. The van der Waals surface area contributed by atoms with Crippen LogP contribution in [-0.4, -0.2) is 64.8 Å². The number of benzene rings is 1. The third-order valence-electron chi connectivity index (χ3n) is 4.00. The summed E-state index contributed by atoms with van der Waals surface area (Å²) in [5, 5.41) is 39.5. The molecule has 0 unspecified atom stereocenters. The van der Waals surface area contributed by atoms with E-state index < -0.39 is 42.9 Å². The van der Waals surface area contributed by atoms with Gasteiger partial charge in [-0.25, -0.2) is 4.79 Å². The van der Waals surface area contributed by atoms with Crippen LogP contribution in [0.3, 0.4) is 0 Å². The summed E-state index contributed by atoms with van der Waals surface area (Å²) in [6.45, 7) is -0.575. The second-order valence-corrected chi connectivity index (χ2v) is 5.61. The van der Waals surface area contributed by atoms with Gasteiger partial charge in [0.2, 0.25) is 6.29 Å². The molecular weight excluding hydrogens is 336 g/mol. The molecule has 1 aromatic heterocycles. The molecule has 1 aliphatic heterocycles. The maximum Gasteiger partial charge on any atom is 0.336 e. The van der Waals surface area contributed by atoms with Crippen molar-refractivity contribution in [3.05, 3.63) is 34.7 Å². The highest BCUT2D eigenvalue weighted by Crippen LogP contribution is 2.34. The molecule has 1 saturated heterocycles. The zero-order valence-corrected chi connectivity index (χ0v) is 13.2. The SMILES string of the molecule is COc1cc2ccc(=O)oc2cc1O[C@@H]1O[C@H](CO)[C@@H](O)[C@H](O)[C@H]1O. The number of rotatable bonds is 4. The van der Waals surface area contributed by atoms with E-state index in [1.54, 1.807) is 12.1 Å². The van der Waals surface area contributed by atoms with Gasteiger partial charge in [-0.1, -0.05) is 0 Å². The summed E-state index contributed by atoms with van der Waals surface area (Å²) >= 11 is 0. The third-order valence-corrected chi connectivity index (χ3v) is 4.00. The van der Waals surface area contributed by atoms with Gasteiger partial charge in [0.1, 0.15) is 30.0 Å². The first-order valence-corrected chi connectivity index (χ1v) is 7.53. The monoisotopic (exact) mass is 354 g/mol. The molecule has 1 aromatic carbocycles. The van der Waals surface area contributed by atoms with Gasteiger partial charge in [0, 0.05) is 17.5 Å². The Morgan fingerprint density at radius 1 is 1.08 bits per heavy atom. The van der Waals surface area contributed by atoms with Gasteiger partial charge < -0.3 is 39.1 Å². The van der Waals surface area contributed by atoms with Gasteiger partial charge >= 0.3 is 5.63 Å². The minimum absolute atomic E-state index is 0.0914. The van der Waals surface area contributed by atoms with Crippen molar-refractivity contribution in [1.29, 1.82) is 0 Å². The summed E-state index contributed by atoms with van der Waals surface area (Å²) in [5.74, 6) is 0.368. The Morgan fingerprint density at radius 3 is 2.52 bits per heavy atom. The Kier molecular flexibility index (Phi) is 4.93. The Balaban J connectivity index is 1.94. The molecule has 9 heteroatoms. The fraction of sp³-hybridized carbons (Fsp3) is 0.438. The predicted octanol–water partition coefficient (Wildman–Crippen LogP) is -1.02. The van der Waals surface area contributed by atoms with Crippen LogP contribution >= 0.6 is 0 Å². The molecule has 0 amide bonds. The zero-order chi connectivity index (χ0) is 18.1. The summed E-state index contributed by atoms with van der Waals surface area (Å²) in [5.41, 5.74) is -0.315. The molecule has 1 fully saturated rings. The maximum atomic E-state index is 11.4. The minimum atomic E-state index is -1.57. The lowest BCUT2D eigenvalue weighted by Crippen LogP contribution is -2.60. The maximum absolute atomic E-state index is 11.4. The highest BCUT2D eigenvalue weighted by Gasteiger charge is 2.45. The van der Waals surface area contributed by atoms with Gasteiger partial charge in [-0.3, -0.25) is 0 Å².